The molecule has 166 valence electrons. The molecule has 1 aromatic carbocycles. The summed E-state index contributed by atoms with van der Waals surface area (Å²) < 4.78 is 5.42. The number of urea groups is 1. The Bertz CT molecular complexity index is 847. The summed E-state index contributed by atoms with van der Waals surface area (Å²) >= 11 is 0. The standard InChI is InChI=1S/C24H33N5O2/c30-24(27-18-21-7-8-25-23(16-21)29-9-2-1-3-10-29)26-17-20-5-4-6-22(15-20)19-28-11-13-31-14-12-28/h4-8,15-16H,1-3,9-14,17-19H2,(H2,26,27,30). The molecule has 0 spiro atoms. The maximum atomic E-state index is 12.3. The van der Waals surface area contributed by atoms with Crippen LogP contribution in [0.1, 0.15) is 36.0 Å². The number of benzene rings is 1. The van der Waals surface area contributed by atoms with E-state index in [1.165, 1.54) is 24.8 Å². The highest BCUT2D eigenvalue weighted by Gasteiger charge is 2.13. The molecule has 1 aromatic heterocycles. The number of carbonyl (C=O) groups is 1. The Kier molecular flexibility index (Phi) is 7.74. The van der Waals surface area contributed by atoms with Gasteiger partial charge in [-0.1, -0.05) is 24.3 Å². The van der Waals surface area contributed by atoms with Crippen LogP contribution in [0, 0.1) is 0 Å². The van der Waals surface area contributed by atoms with Gasteiger partial charge in [0, 0.05) is 52.0 Å². The van der Waals surface area contributed by atoms with E-state index in [1.54, 1.807) is 0 Å². The number of morpholine rings is 1. The number of ether oxygens (including phenoxy) is 1. The first-order chi connectivity index (χ1) is 15.3. The van der Waals surface area contributed by atoms with Crippen molar-refractivity contribution < 1.29 is 9.53 Å². The highest BCUT2D eigenvalue weighted by Crippen LogP contribution is 2.18. The van der Waals surface area contributed by atoms with Crippen molar-refractivity contribution in [3.63, 3.8) is 0 Å². The van der Waals surface area contributed by atoms with Crippen LogP contribution in [0.4, 0.5) is 10.6 Å². The molecule has 0 atom stereocenters. The maximum absolute atomic E-state index is 12.3. The Morgan fingerprint density at radius 1 is 0.903 bits per heavy atom. The summed E-state index contributed by atoms with van der Waals surface area (Å²) in [5, 5.41) is 5.93. The molecule has 3 heterocycles. The fourth-order valence-corrected chi connectivity index (χ4v) is 4.15. The fraction of sp³-hybridized carbons (Fsp3) is 0.500. The molecule has 0 saturated carbocycles. The highest BCUT2D eigenvalue weighted by molar-refractivity contribution is 5.73. The van der Waals surface area contributed by atoms with Gasteiger partial charge in [0.2, 0.25) is 0 Å². The normalized spacial score (nSPS) is 17.4. The van der Waals surface area contributed by atoms with E-state index in [1.807, 2.05) is 12.3 Å². The summed E-state index contributed by atoms with van der Waals surface area (Å²) in [7, 11) is 0. The molecule has 7 heteroatoms. The van der Waals surface area contributed by atoms with Crippen LogP contribution in [0.2, 0.25) is 0 Å². The van der Waals surface area contributed by atoms with Gasteiger partial charge in [-0.2, -0.15) is 0 Å². The van der Waals surface area contributed by atoms with Crippen molar-refractivity contribution in [2.24, 2.45) is 0 Å². The number of pyridine rings is 1. The van der Waals surface area contributed by atoms with Gasteiger partial charge >= 0.3 is 6.03 Å². The molecule has 0 unspecified atom stereocenters. The van der Waals surface area contributed by atoms with Gasteiger partial charge in [-0.15, -0.1) is 0 Å². The summed E-state index contributed by atoms with van der Waals surface area (Å²) in [6, 6.07) is 12.3. The topological polar surface area (TPSA) is 69.7 Å². The number of nitrogens with zero attached hydrogens (tertiary/aromatic N) is 3. The van der Waals surface area contributed by atoms with Crippen molar-refractivity contribution in [2.45, 2.75) is 38.9 Å². The molecule has 2 fully saturated rings. The van der Waals surface area contributed by atoms with Gasteiger partial charge in [-0.05, 0) is 48.1 Å². The lowest BCUT2D eigenvalue weighted by Crippen LogP contribution is -2.36. The lowest BCUT2D eigenvalue weighted by Gasteiger charge is -2.27. The van der Waals surface area contributed by atoms with Gasteiger partial charge in [-0.3, -0.25) is 4.90 Å². The predicted molar refractivity (Wildman–Crippen MR) is 122 cm³/mol. The molecule has 2 amide bonds. The predicted octanol–water partition coefficient (Wildman–Crippen LogP) is 2.90. The van der Waals surface area contributed by atoms with Crippen LogP contribution < -0.4 is 15.5 Å². The summed E-state index contributed by atoms with van der Waals surface area (Å²) in [5.74, 6) is 1.01. The Morgan fingerprint density at radius 2 is 1.61 bits per heavy atom. The first-order valence-electron chi connectivity index (χ1n) is 11.4. The molecule has 2 N–H and O–H groups in total. The number of hydrogen-bond acceptors (Lipinski definition) is 5. The van der Waals surface area contributed by atoms with Crippen molar-refractivity contribution in [1.29, 1.82) is 0 Å². The molecule has 2 saturated heterocycles. The van der Waals surface area contributed by atoms with Crippen LogP contribution in [0.5, 0.6) is 0 Å². The number of piperidine rings is 1. The van der Waals surface area contributed by atoms with E-state index < -0.39 is 0 Å². The van der Waals surface area contributed by atoms with Crippen molar-refractivity contribution in [3.8, 4) is 0 Å². The molecule has 2 aliphatic rings. The number of rotatable bonds is 7. The maximum Gasteiger partial charge on any atom is 0.315 e. The van der Waals surface area contributed by atoms with Crippen molar-refractivity contribution in [3.05, 3.63) is 59.3 Å². The van der Waals surface area contributed by atoms with Gasteiger partial charge in [0.05, 0.1) is 13.2 Å². The number of nitrogens with one attached hydrogen (secondary N) is 2. The van der Waals surface area contributed by atoms with Gasteiger partial charge in [0.1, 0.15) is 5.82 Å². The van der Waals surface area contributed by atoms with Crippen LogP contribution >= 0.6 is 0 Å². The van der Waals surface area contributed by atoms with E-state index in [9.17, 15) is 4.79 Å². The molecular formula is C24H33N5O2. The largest absolute Gasteiger partial charge is 0.379 e. The zero-order valence-corrected chi connectivity index (χ0v) is 18.2. The van der Waals surface area contributed by atoms with Crippen LogP contribution in [0.25, 0.3) is 0 Å². The zero-order valence-electron chi connectivity index (χ0n) is 18.2. The number of carbonyl (C=O) groups excluding carboxylic acids is 1. The van der Waals surface area contributed by atoms with Crippen molar-refractivity contribution >= 4 is 11.8 Å². The Balaban J connectivity index is 1.23. The van der Waals surface area contributed by atoms with E-state index in [4.69, 9.17) is 4.74 Å². The Hall–Kier alpha value is -2.64. The summed E-state index contributed by atoms with van der Waals surface area (Å²) in [6.07, 6.45) is 5.58. The third kappa shape index (κ3) is 6.67. The quantitative estimate of drug-likeness (QED) is 0.717. The monoisotopic (exact) mass is 423 g/mol. The van der Waals surface area contributed by atoms with E-state index in [0.29, 0.717) is 13.1 Å². The van der Waals surface area contributed by atoms with Gasteiger partial charge < -0.3 is 20.3 Å². The number of aromatic nitrogens is 1. The Labute approximate surface area is 184 Å². The van der Waals surface area contributed by atoms with Crippen molar-refractivity contribution in [1.82, 2.24) is 20.5 Å². The number of amides is 2. The second kappa shape index (κ2) is 11.1. The highest BCUT2D eigenvalue weighted by atomic mass is 16.5. The molecule has 2 aliphatic heterocycles. The minimum Gasteiger partial charge on any atom is -0.379 e. The molecule has 31 heavy (non-hydrogen) atoms. The second-order valence-electron chi connectivity index (χ2n) is 8.31. The van der Waals surface area contributed by atoms with Gasteiger partial charge in [0.25, 0.3) is 0 Å². The Morgan fingerprint density at radius 3 is 2.39 bits per heavy atom. The summed E-state index contributed by atoms with van der Waals surface area (Å²) in [4.78, 5) is 21.5. The molecule has 0 radical (unpaired) electrons. The van der Waals surface area contributed by atoms with Crippen LogP contribution in [0.3, 0.4) is 0 Å². The van der Waals surface area contributed by atoms with Crippen molar-refractivity contribution in [2.75, 3.05) is 44.3 Å². The average Bonchev–Trinajstić information content (AvgIpc) is 2.83. The number of anilines is 1. The third-order valence-electron chi connectivity index (χ3n) is 5.90. The average molecular weight is 424 g/mol. The lowest BCUT2D eigenvalue weighted by atomic mass is 10.1. The SMILES string of the molecule is O=C(NCc1cccc(CN2CCOCC2)c1)NCc1ccnc(N2CCCCC2)c1. The second-order valence-corrected chi connectivity index (χ2v) is 8.31. The fourth-order valence-electron chi connectivity index (χ4n) is 4.15. The van der Waals surface area contributed by atoms with Crippen LogP contribution in [-0.4, -0.2) is 55.3 Å². The van der Waals surface area contributed by atoms with E-state index in [0.717, 1.165) is 62.9 Å². The minimum atomic E-state index is -0.157. The molecule has 7 nitrogen and oxygen atoms in total. The smallest absolute Gasteiger partial charge is 0.315 e. The molecule has 0 aliphatic carbocycles. The third-order valence-corrected chi connectivity index (χ3v) is 5.90. The van der Waals surface area contributed by atoms with Gasteiger partial charge in [-0.25, -0.2) is 9.78 Å². The summed E-state index contributed by atoms with van der Waals surface area (Å²) in [5.41, 5.74) is 3.44. The van der Waals surface area contributed by atoms with E-state index in [-0.39, 0.29) is 6.03 Å². The zero-order chi connectivity index (χ0) is 21.3. The van der Waals surface area contributed by atoms with Crippen LogP contribution in [0.15, 0.2) is 42.6 Å². The molecule has 4 rings (SSSR count). The minimum absolute atomic E-state index is 0.157. The molecule has 0 bridgehead atoms. The first kappa shape index (κ1) is 21.6. The molecular weight excluding hydrogens is 390 g/mol. The lowest BCUT2D eigenvalue weighted by molar-refractivity contribution is 0.0342. The first-order valence-corrected chi connectivity index (χ1v) is 11.4. The number of hydrogen-bond donors (Lipinski definition) is 2. The van der Waals surface area contributed by atoms with E-state index >= 15 is 0 Å². The summed E-state index contributed by atoms with van der Waals surface area (Å²) in [6.45, 7) is 7.61. The molecule has 2 aromatic rings. The van der Waals surface area contributed by atoms with Crippen LogP contribution in [-0.2, 0) is 24.4 Å². The van der Waals surface area contributed by atoms with Gasteiger partial charge in [0.15, 0.2) is 0 Å². The van der Waals surface area contributed by atoms with E-state index in [2.05, 4.69) is 55.7 Å².